The Balaban J connectivity index is 5.15. The number of esters is 1. The van der Waals surface area contributed by atoms with E-state index in [-0.39, 0.29) is 31.5 Å². The van der Waals surface area contributed by atoms with E-state index >= 15 is 0 Å². The Kier molecular flexibility index (Phi) is 64.2. The van der Waals surface area contributed by atoms with E-state index in [9.17, 15) is 19.0 Å². The number of unbranched alkanes of at least 4 members (excludes halogenated alkanes) is 29. The molecule has 0 aliphatic carbocycles. The fourth-order valence-electron chi connectivity index (χ4n) is 9.99. The monoisotopic (exact) mass is 1260 g/mol. The molecule has 0 saturated carbocycles. The molecule has 1 amide bonds. The van der Waals surface area contributed by atoms with Crippen molar-refractivity contribution in [3.8, 4) is 0 Å². The second-order valence-corrected chi connectivity index (χ2v) is 26.8. The standard InChI is InChI=1S/C79H137N2O7P/c1-7-10-13-16-19-22-25-28-30-32-34-36-38-39-40-41-43-44-46-48-50-53-56-59-62-65-68-71-78(82)80-76(75-87-89(84,85)86-74-73-81(4,5)6)77(70-67-64-61-58-55-52-27-24-21-18-15-12-9-3)88-79(83)72-69-66-63-60-57-54-51-49-47-45-42-37-35-33-31-29-26-23-20-17-14-11-8-2/h11,14,19-20,22-23,28-31,34-37,39-40,45,47,51,54,67,70,76-77H,7-10,12-13,15-18,21,24-27,32-33,38,41-44,46,48-50,52-53,55-66,68-69,71-75H2,1-6H3,(H-,80,82,84,85)/p+1/b14-11-,22-19-,23-20-,30-28-,31-29-,36-34-,37-35-,40-39-,47-45-,54-51-,70-67-. The highest BCUT2D eigenvalue weighted by molar-refractivity contribution is 7.47. The van der Waals surface area contributed by atoms with Crippen LogP contribution in [0.4, 0.5) is 0 Å². The van der Waals surface area contributed by atoms with Gasteiger partial charge in [-0.2, -0.15) is 0 Å². The smallest absolute Gasteiger partial charge is 0.456 e. The molecular weight excluding hydrogens is 1120 g/mol. The van der Waals surface area contributed by atoms with Crippen molar-refractivity contribution in [2.75, 3.05) is 40.9 Å². The number of carbonyl (C=O) groups excluding carboxylic acids is 2. The van der Waals surface area contributed by atoms with Crippen molar-refractivity contribution in [1.29, 1.82) is 0 Å². The lowest BCUT2D eigenvalue weighted by atomic mass is 10.0. The van der Waals surface area contributed by atoms with Crippen molar-refractivity contribution in [3.05, 3.63) is 134 Å². The van der Waals surface area contributed by atoms with Gasteiger partial charge in [0.2, 0.25) is 5.91 Å². The first-order chi connectivity index (χ1) is 43.4. The van der Waals surface area contributed by atoms with Crippen molar-refractivity contribution in [1.82, 2.24) is 5.32 Å². The van der Waals surface area contributed by atoms with Gasteiger partial charge in [-0.15, -0.1) is 0 Å². The van der Waals surface area contributed by atoms with E-state index in [0.29, 0.717) is 23.9 Å². The maximum atomic E-state index is 13.6. The van der Waals surface area contributed by atoms with Crippen LogP contribution in [0.2, 0.25) is 0 Å². The lowest BCUT2D eigenvalue weighted by Crippen LogP contribution is -2.47. The van der Waals surface area contributed by atoms with E-state index < -0.39 is 20.0 Å². The molecule has 0 aliphatic rings. The second kappa shape index (κ2) is 67.1. The largest absolute Gasteiger partial charge is 0.472 e. The molecule has 9 nitrogen and oxygen atoms in total. The van der Waals surface area contributed by atoms with Crippen molar-refractivity contribution < 1.29 is 37.3 Å². The van der Waals surface area contributed by atoms with Gasteiger partial charge in [-0.3, -0.25) is 18.6 Å². The Labute approximate surface area is 549 Å². The summed E-state index contributed by atoms with van der Waals surface area (Å²) in [5, 5.41) is 3.06. The van der Waals surface area contributed by atoms with Crippen molar-refractivity contribution in [2.24, 2.45) is 0 Å². The summed E-state index contributed by atoms with van der Waals surface area (Å²) in [6, 6.07) is -0.872. The molecule has 510 valence electrons. The molecule has 0 aromatic heterocycles. The molecule has 0 bridgehead atoms. The van der Waals surface area contributed by atoms with Crippen molar-refractivity contribution >= 4 is 19.7 Å². The molecular formula is C79H138N2O7P+. The Morgan fingerprint density at radius 3 is 1.10 bits per heavy atom. The van der Waals surface area contributed by atoms with Gasteiger partial charge in [-0.05, 0) is 128 Å². The van der Waals surface area contributed by atoms with E-state index in [1.807, 2.05) is 33.3 Å². The van der Waals surface area contributed by atoms with E-state index in [4.69, 9.17) is 13.8 Å². The normalized spacial score (nSPS) is 14.3. The molecule has 2 N–H and O–H groups in total. The Hall–Kier alpha value is -3.85. The minimum Gasteiger partial charge on any atom is -0.456 e. The Morgan fingerprint density at radius 2 is 0.719 bits per heavy atom. The third-order valence-electron chi connectivity index (χ3n) is 15.6. The molecule has 0 aromatic carbocycles. The predicted octanol–water partition coefficient (Wildman–Crippen LogP) is 23.6. The fourth-order valence-corrected chi connectivity index (χ4v) is 10.7. The summed E-state index contributed by atoms with van der Waals surface area (Å²) in [4.78, 5) is 38.0. The van der Waals surface area contributed by atoms with Crippen LogP contribution in [0.3, 0.4) is 0 Å². The SMILES string of the molecule is CC/C=C\C/C=C\C/C=C\C/C=C\C/C=C\C/C=C\CCCCCCC(=O)OC(/C=C\CCCCCCCCCCCCC)C(COP(=O)(O)OCC[N+](C)(C)C)NC(=O)CCCCCCCCCCCCC/C=C\C/C=C\C/C=C\C/C=C\CCCCC. The third kappa shape index (κ3) is 68.4. The van der Waals surface area contributed by atoms with E-state index in [1.54, 1.807) is 0 Å². The van der Waals surface area contributed by atoms with Crippen LogP contribution in [0.25, 0.3) is 0 Å². The average molecular weight is 1260 g/mol. The van der Waals surface area contributed by atoms with Crippen LogP contribution >= 0.6 is 7.82 Å². The maximum absolute atomic E-state index is 13.6. The molecule has 89 heavy (non-hydrogen) atoms. The zero-order valence-corrected chi connectivity index (χ0v) is 59.3. The topological polar surface area (TPSA) is 111 Å². The number of hydrogen-bond donors (Lipinski definition) is 2. The number of quaternary nitrogens is 1. The van der Waals surface area contributed by atoms with Gasteiger partial charge in [0.15, 0.2) is 0 Å². The molecule has 0 aliphatic heterocycles. The van der Waals surface area contributed by atoms with Gasteiger partial charge in [0.05, 0.1) is 33.8 Å². The van der Waals surface area contributed by atoms with E-state index in [0.717, 1.165) is 128 Å². The van der Waals surface area contributed by atoms with Crippen LogP contribution in [0.5, 0.6) is 0 Å². The highest BCUT2D eigenvalue weighted by atomic mass is 31.2. The molecule has 10 heteroatoms. The molecule has 0 saturated heterocycles. The third-order valence-corrected chi connectivity index (χ3v) is 16.6. The number of phosphoric ester groups is 1. The number of likely N-dealkylation sites (N-methyl/N-ethyl adjacent to an activating group) is 1. The first-order valence-corrected chi connectivity index (χ1v) is 38.0. The number of amides is 1. The number of carbonyl (C=O) groups is 2. The van der Waals surface area contributed by atoms with Crippen LogP contribution in [-0.2, 0) is 27.9 Å². The minimum atomic E-state index is -4.47. The molecule has 0 radical (unpaired) electrons. The zero-order chi connectivity index (χ0) is 64.9. The maximum Gasteiger partial charge on any atom is 0.472 e. The van der Waals surface area contributed by atoms with Crippen LogP contribution in [0.15, 0.2) is 134 Å². The summed E-state index contributed by atoms with van der Waals surface area (Å²) in [6.45, 7) is 6.86. The lowest BCUT2D eigenvalue weighted by Gasteiger charge is -2.27. The van der Waals surface area contributed by atoms with Crippen molar-refractivity contribution in [2.45, 2.75) is 315 Å². The molecule has 0 heterocycles. The predicted molar refractivity (Wildman–Crippen MR) is 387 cm³/mol. The quantitative estimate of drug-likeness (QED) is 0.0205. The van der Waals surface area contributed by atoms with Gasteiger partial charge in [0, 0.05) is 12.8 Å². The average Bonchev–Trinajstić information content (AvgIpc) is 3.57. The minimum absolute atomic E-state index is 0.0286. The summed E-state index contributed by atoms with van der Waals surface area (Å²) in [5.74, 6) is -0.540. The van der Waals surface area contributed by atoms with Crippen LogP contribution in [0.1, 0.15) is 303 Å². The fraction of sp³-hybridized carbons (Fsp3) is 0.696. The summed E-state index contributed by atoms with van der Waals surface area (Å²) in [5.41, 5.74) is 0. The van der Waals surface area contributed by atoms with Gasteiger partial charge >= 0.3 is 13.8 Å². The van der Waals surface area contributed by atoms with E-state index in [1.165, 1.54) is 135 Å². The summed E-state index contributed by atoms with van der Waals surface area (Å²) >= 11 is 0. The molecule has 0 fully saturated rings. The number of ether oxygens (including phenoxy) is 1. The summed E-state index contributed by atoms with van der Waals surface area (Å²) in [7, 11) is 1.47. The summed E-state index contributed by atoms with van der Waals surface area (Å²) in [6.07, 6.45) is 96.0. The highest BCUT2D eigenvalue weighted by Gasteiger charge is 2.30. The van der Waals surface area contributed by atoms with Crippen LogP contribution in [0, 0.1) is 0 Å². The Morgan fingerprint density at radius 1 is 0.404 bits per heavy atom. The number of nitrogens with one attached hydrogen (secondary N) is 1. The van der Waals surface area contributed by atoms with E-state index in [2.05, 4.69) is 148 Å². The number of hydrogen-bond acceptors (Lipinski definition) is 6. The van der Waals surface area contributed by atoms with Gasteiger partial charge in [0.25, 0.3) is 0 Å². The molecule has 0 aromatic rings. The van der Waals surface area contributed by atoms with Gasteiger partial charge < -0.3 is 19.4 Å². The Bertz CT molecular complexity index is 1990. The first kappa shape index (κ1) is 85.2. The number of phosphoric acid groups is 1. The lowest BCUT2D eigenvalue weighted by molar-refractivity contribution is -0.870. The molecule has 0 spiro atoms. The summed E-state index contributed by atoms with van der Waals surface area (Å²) < 4.78 is 30.8. The highest BCUT2D eigenvalue weighted by Crippen LogP contribution is 2.43. The molecule has 0 rings (SSSR count). The molecule has 3 atom stereocenters. The van der Waals surface area contributed by atoms with Gasteiger partial charge in [0.1, 0.15) is 19.3 Å². The van der Waals surface area contributed by atoms with Crippen LogP contribution < -0.4 is 5.32 Å². The zero-order valence-electron chi connectivity index (χ0n) is 58.4. The van der Waals surface area contributed by atoms with Crippen molar-refractivity contribution in [3.63, 3.8) is 0 Å². The van der Waals surface area contributed by atoms with Crippen LogP contribution in [-0.4, -0.2) is 74.3 Å². The van der Waals surface area contributed by atoms with Gasteiger partial charge in [-0.25, -0.2) is 4.57 Å². The first-order valence-electron chi connectivity index (χ1n) is 36.5. The number of rotatable bonds is 65. The number of allylic oxidation sites excluding steroid dienone is 21. The second-order valence-electron chi connectivity index (χ2n) is 25.4. The molecule has 3 unspecified atom stereocenters. The number of nitrogens with zero attached hydrogens (tertiary/aromatic N) is 1. The van der Waals surface area contributed by atoms with Gasteiger partial charge in [-0.1, -0.05) is 296 Å².